The van der Waals surface area contributed by atoms with E-state index in [2.05, 4.69) is 0 Å². The summed E-state index contributed by atoms with van der Waals surface area (Å²) in [4.78, 5) is 12.0. The number of rotatable bonds is 5. The number of carbonyl (C=O) groups is 1. The first kappa shape index (κ1) is 16.3. The van der Waals surface area contributed by atoms with Gasteiger partial charge in [0.1, 0.15) is 4.90 Å². The van der Waals surface area contributed by atoms with Crippen molar-refractivity contribution >= 4 is 15.9 Å². The largest absolute Gasteiger partial charge is 0.393 e. The van der Waals surface area contributed by atoms with Crippen LogP contribution in [0.2, 0.25) is 0 Å². The van der Waals surface area contributed by atoms with Gasteiger partial charge in [0.2, 0.25) is 5.78 Å². The minimum atomic E-state index is -4.64. The molecule has 0 aliphatic rings. The predicted octanol–water partition coefficient (Wildman–Crippen LogP) is 0.996. The Kier molecular flexibility index (Phi) is 4.43. The summed E-state index contributed by atoms with van der Waals surface area (Å²) < 4.78 is 31.9. The van der Waals surface area contributed by atoms with Gasteiger partial charge in [-0.2, -0.15) is 8.42 Å². The van der Waals surface area contributed by atoms with Gasteiger partial charge in [-0.15, -0.1) is 0 Å². The Hall–Kier alpha value is -2.06. The van der Waals surface area contributed by atoms with E-state index >= 15 is 0 Å². The molecule has 3 N–H and O–H groups in total. The van der Waals surface area contributed by atoms with Crippen LogP contribution in [0.5, 0.6) is 0 Å². The SMILES string of the molecule is O=C(c1ccccc1S(=O)(=O)O)C(O)(CO)c1ccccc1. The molecule has 116 valence electrons. The number of benzene rings is 2. The van der Waals surface area contributed by atoms with Crippen molar-refractivity contribution < 1.29 is 28.0 Å². The van der Waals surface area contributed by atoms with E-state index < -0.39 is 38.6 Å². The fraction of sp³-hybridized carbons (Fsp3) is 0.133. The molecular formula is C15H14O6S. The molecule has 0 heterocycles. The van der Waals surface area contributed by atoms with Crippen LogP contribution in [-0.2, 0) is 15.7 Å². The molecule has 0 spiro atoms. The molecule has 6 nitrogen and oxygen atoms in total. The molecule has 1 atom stereocenters. The standard InChI is InChI=1S/C15H14O6S/c16-10-15(18,11-6-2-1-3-7-11)14(17)12-8-4-5-9-13(12)22(19,20)21/h1-9,16,18H,10H2,(H,19,20,21). The van der Waals surface area contributed by atoms with Crippen molar-refractivity contribution in [2.75, 3.05) is 6.61 Å². The molecule has 0 radical (unpaired) electrons. The van der Waals surface area contributed by atoms with Crippen molar-refractivity contribution in [3.8, 4) is 0 Å². The Labute approximate surface area is 127 Å². The number of carbonyl (C=O) groups excluding carboxylic acids is 1. The fourth-order valence-electron chi connectivity index (χ4n) is 2.11. The lowest BCUT2D eigenvalue weighted by Gasteiger charge is -2.25. The van der Waals surface area contributed by atoms with Crippen molar-refractivity contribution in [1.29, 1.82) is 0 Å². The van der Waals surface area contributed by atoms with E-state index in [1.54, 1.807) is 18.2 Å². The average molecular weight is 322 g/mol. The monoisotopic (exact) mass is 322 g/mol. The third-order valence-electron chi connectivity index (χ3n) is 3.27. The lowest BCUT2D eigenvalue weighted by molar-refractivity contribution is -0.00427. The van der Waals surface area contributed by atoms with Crippen molar-refractivity contribution in [2.45, 2.75) is 10.5 Å². The Bertz CT molecular complexity index is 785. The molecule has 22 heavy (non-hydrogen) atoms. The van der Waals surface area contributed by atoms with Crippen LogP contribution in [0.25, 0.3) is 0 Å². The number of hydrogen-bond donors (Lipinski definition) is 3. The second kappa shape index (κ2) is 5.98. The van der Waals surface area contributed by atoms with E-state index in [-0.39, 0.29) is 5.56 Å². The van der Waals surface area contributed by atoms with Gasteiger partial charge in [0.15, 0.2) is 5.60 Å². The highest BCUT2D eigenvalue weighted by molar-refractivity contribution is 7.86. The van der Waals surface area contributed by atoms with E-state index in [0.717, 1.165) is 12.1 Å². The molecular weight excluding hydrogens is 308 g/mol. The normalized spacial score (nSPS) is 14.3. The van der Waals surface area contributed by atoms with Crippen LogP contribution >= 0.6 is 0 Å². The maximum atomic E-state index is 12.6. The molecule has 0 fully saturated rings. The Morgan fingerprint density at radius 1 is 1.00 bits per heavy atom. The van der Waals surface area contributed by atoms with Crippen LogP contribution in [0.3, 0.4) is 0 Å². The Morgan fingerprint density at radius 2 is 1.55 bits per heavy atom. The predicted molar refractivity (Wildman–Crippen MR) is 78.0 cm³/mol. The topological polar surface area (TPSA) is 112 Å². The Balaban J connectivity index is 2.61. The summed E-state index contributed by atoms with van der Waals surface area (Å²) in [6.07, 6.45) is 0. The molecule has 2 aromatic rings. The second-order valence-corrected chi connectivity index (χ2v) is 6.07. The van der Waals surface area contributed by atoms with E-state index in [1.807, 2.05) is 0 Å². The van der Waals surface area contributed by atoms with Crippen molar-refractivity contribution in [3.05, 3.63) is 65.7 Å². The highest BCUT2D eigenvalue weighted by Crippen LogP contribution is 2.28. The third-order valence-corrected chi connectivity index (χ3v) is 4.18. The van der Waals surface area contributed by atoms with Crippen LogP contribution in [0, 0.1) is 0 Å². The van der Waals surface area contributed by atoms with Gasteiger partial charge in [-0.1, -0.05) is 42.5 Å². The minimum absolute atomic E-state index is 0.118. The number of aliphatic hydroxyl groups excluding tert-OH is 1. The summed E-state index contributed by atoms with van der Waals surface area (Å²) >= 11 is 0. The van der Waals surface area contributed by atoms with Gasteiger partial charge in [-0.05, 0) is 17.7 Å². The van der Waals surface area contributed by atoms with E-state index in [9.17, 15) is 28.0 Å². The molecule has 0 aromatic heterocycles. The number of ketones is 1. The summed E-state index contributed by atoms with van der Waals surface area (Å²) in [5.74, 6) is -1.02. The van der Waals surface area contributed by atoms with Crippen LogP contribution in [0.4, 0.5) is 0 Å². The molecule has 0 saturated carbocycles. The first-order valence-electron chi connectivity index (χ1n) is 6.31. The summed E-state index contributed by atoms with van der Waals surface area (Å²) in [7, 11) is -4.64. The van der Waals surface area contributed by atoms with E-state index in [0.29, 0.717) is 0 Å². The molecule has 0 aliphatic heterocycles. The minimum Gasteiger partial charge on any atom is -0.393 e. The lowest BCUT2D eigenvalue weighted by Crippen LogP contribution is -2.40. The quantitative estimate of drug-likeness (QED) is 0.559. The van der Waals surface area contributed by atoms with Crippen molar-refractivity contribution in [1.82, 2.24) is 0 Å². The molecule has 2 rings (SSSR count). The zero-order chi connectivity index (χ0) is 16.4. The van der Waals surface area contributed by atoms with Gasteiger partial charge in [0.25, 0.3) is 10.1 Å². The second-order valence-electron chi connectivity index (χ2n) is 4.68. The fourth-order valence-corrected chi connectivity index (χ4v) is 2.80. The summed E-state index contributed by atoms with van der Waals surface area (Å²) in [5, 5.41) is 20.0. The summed E-state index contributed by atoms with van der Waals surface area (Å²) in [5.41, 5.74) is -2.58. The average Bonchev–Trinajstić information content (AvgIpc) is 2.53. The zero-order valence-electron chi connectivity index (χ0n) is 11.4. The highest BCUT2D eigenvalue weighted by Gasteiger charge is 2.39. The van der Waals surface area contributed by atoms with Crippen LogP contribution in [-0.4, -0.2) is 35.6 Å². The molecule has 0 bridgehead atoms. The molecule has 0 aliphatic carbocycles. The molecule has 1 unspecified atom stereocenters. The van der Waals surface area contributed by atoms with Crippen LogP contribution in [0.1, 0.15) is 15.9 Å². The molecule has 0 saturated heterocycles. The van der Waals surface area contributed by atoms with Gasteiger partial charge >= 0.3 is 0 Å². The molecule has 0 amide bonds. The van der Waals surface area contributed by atoms with Crippen molar-refractivity contribution in [3.63, 3.8) is 0 Å². The third kappa shape index (κ3) is 2.93. The van der Waals surface area contributed by atoms with Gasteiger partial charge in [-0.3, -0.25) is 9.35 Å². The van der Waals surface area contributed by atoms with Gasteiger partial charge in [-0.25, -0.2) is 0 Å². The molecule has 2 aromatic carbocycles. The Morgan fingerprint density at radius 3 is 2.09 bits per heavy atom. The smallest absolute Gasteiger partial charge is 0.295 e. The maximum absolute atomic E-state index is 12.6. The zero-order valence-corrected chi connectivity index (χ0v) is 12.2. The van der Waals surface area contributed by atoms with Gasteiger partial charge < -0.3 is 10.2 Å². The number of hydrogen-bond acceptors (Lipinski definition) is 5. The van der Waals surface area contributed by atoms with Crippen LogP contribution in [0.15, 0.2) is 59.5 Å². The first-order chi connectivity index (χ1) is 10.3. The van der Waals surface area contributed by atoms with Gasteiger partial charge in [0.05, 0.1) is 6.61 Å². The molecule has 7 heteroatoms. The van der Waals surface area contributed by atoms with E-state index in [4.69, 9.17) is 0 Å². The summed E-state index contributed by atoms with van der Waals surface area (Å²) in [6, 6.07) is 12.6. The van der Waals surface area contributed by atoms with Crippen LogP contribution < -0.4 is 0 Å². The van der Waals surface area contributed by atoms with E-state index in [1.165, 1.54) is 24.3 Å². The number of Topliss-reactive ketones (excluding diaryl/α,β-unsaturated/α-hetero) is 1. The first-order valence-corrected chi connectivity index (χ1v) is 7.75. The number of aliphatic hydroxyl groups is 2. The lowest BCUT2D eigenvalue weighted by atomic mass is 9.86. The van der Waals surface area contributed by atoms with Gasteiger partial charge in [0, 0.05) is 5.56 Å². The summed E-state index contributed by atoms with van der Waals surface area (Å²) in [6.45, 7) is -0.935. The highest BCUT2D eigenvalue weighted by atomic mass is 32.2. The maximum Gasteiger partial charge on any atom is 0.295 e. The van der Waals surface area contributed by atoms with Crippen molar-refractivity contribution in [2.24, 2.45) is 0 Å².